The molecule has 0 N–H and O–H groups in total. The highest BCUT2D eigenvalue weighted by molar-refractivity contribution is 6.38. The van der Waals surface area contributed by atoms with Gasteiger partial charge in [0.1, 0.15) is 5.71 Å². The lowest BCUT2D eigenvalue weighted by atomic mass is 10.1. The van der Waals surface area contributed by atoms with Crippen LogP contribution in [0.3, 0.4) is 0 Å². The van der Waals surface area contributed by atoms with Crippen molar-refractivity contribution in [1.82, 2.24) is 4.90 Å². The molecule has 3 rings (SSSR count). The van der Waals surface area contributed by atoms with E-state index < -0.39 is 5.97 Å². The molecular formula is C23H25N3O4. The predicted octanol–water partition coefficient (Wildman–Crippen LogP) is 3.15. The molecule has 7 nitrogen and oxygen atoms in total. The highest BCUT2D eigenvalue weighted by Gasteiger charge is 2.27. The van der Waals surface area contributed by atoms with Gasteiger partial charge in [-0.1, -0.05) is 48.5 Å². The Balaban J connectivity index is 1.63. The molecule has 0 spiro atoms. The van der Waals surface area contributed by atoms with E-state index >= 15 is 0 Å². The van der Waals surface area contributed by atoms with Crippen LogP contribution in [0.4, 0.5) is 5.69 Å². The van der Waals surface area contributed by atoms with E-state index in [1.807, 2.05) is 50.2 Å². The van der Waals surface area contributed by atoms with Crippen LogP contribution in [0.2, 0.25) is 0 Å². The van der Waals surface area contributed by atoms with Gasteiger partial charge in [0.05, 0.1) is 5.69 Å². The molecule has 0 bridgehead atoms. The van der Waals surface area contributed by atoms with Crippen molar-refractivity contribution >= 4 is 29.2 Å². The number of benzene rings is 2. The van der Waals surface area contributed by atoms with Crippen LogP contribution in [-0.4, -0.2) is 41.0 Å². The largest absolute Gasteiger partial charge is 0.451 e. The first-order valence-electron chi connectivity index (χ1n) is 9.91. The van der Waals surface area contributed by atoms with Gasteiger partial charge < -0.3 is 9.64 Å². The molecule has 156 valence electrons. The third-order valence-electron chi connectivity index (χ3n) is 4.74. The smallest absolute Gasteiger partial charge is 0.355 e. The van der Waals surface area contributed by atoms with Gasteiger partial charge in [-0.05, 0) is 31.5 Å². The number of esters is 1. The zero-order chi connectivity index (χ0) is 21.5. The number of hydrogen-bond acceptors (Lipinski definition) is 5. The van der Waals surface area contributed by atoms with Gasteiger partial charge in [-0.15, -0.1) is 0 Å². The summed E-state index contributed by atoms with van der Waals surface area (Å²) in [5.41, 5.74) is 1.71. The van der Waals surface area contributed by atoms with Crippen LogP contribution in [0.5, 0.6) is 0 Å². The Labute approximate surface area is 175 Å². The summed E-state index contributed by atoms with van der Waals surface area (Å²) in [5, 5.41) is 5.37. The van der Waals surface area contributed by atoms with Crippen LogP contribution in [0.15, 0.2) is 65.8 Å². The molecule has 0 aromatic heterocycles. The molecule has 7 heteroatoms. The molecule has 2 aromatic rings. The minimum absolute atomic E-state index is 0.0466. The van der Waals surface area contributed by atoms with Gasteiger partial charge in [0.15, 0.2) is 6.61 Å². The molecule has 0 aliphatic carbocycles. The van der Waals surface area contributed by atoms with Crippen LogP contribution in [0, 0.1) is 0 Å². The minimum Gasteiger partial charge on any atom is -0.451 e. The molecule has 0 atom stereocenters. The lowest BCUT2D eigenvalue weighted by Gasteiger charge is -2.27. The van der Waals surface area contributed by atoms with Gasteiger partial charge in [0.2, 0.25) is 5.91 Å². The molecule has 1 aliphatic rings. The van der Waals surface area contributed by atoms with Crippen LogP contribution in [0.1, 0.15) is 32.3 Å². The summed E-state index contributed by atoms with van der Waals surface area (Å²) in [6, 6.07) is 18.5. The molecule has 30 heavy (non-hydrogen) atoms. The van der Waals surface area contributed by atoms with Crippen molar-refractivity contribution in [1.29, 1.82) is 0 Å². The fourth-order valence-corrected chi connectivity index (χ4v) is 3.10. The van der Waals surface area contributed by atoms with Crippen molar-refractivity contribution in [3.05, 3.63) is 66.2 Å². The summed E-state index contributed by atoms with van der Waals surface area (Å²) in [4.78, 5) is 39.0. The summed E-state index contributed by atoms with van der Waals surface area (Å²) < 4.78 is 5.23. The molecule has 0 radical (unpaired) electrons. The maximum Gasteiger partial charge on any atom is 0.355 e. The number of carbonyl (C=O) groups is 3. The Kier molecular flexibility index (Phi) is 6.95. The highest BCUT2D eigenvalue weighted by atomic mass is 16.5. The van der Waals surface area contributed by atoms with Crippen molar-refractivity contribution in [3.8, 4) is 0 Å². The molecule has 1 aliphatic heterocycles. The van der Waals surface area contributed by atoms with E-state index in [1.165, 1.54) is 5.01 Å². The molecule has 2 aromatic carbocycles. The van der Waals surface area contributed by atoms with Crippen LogP contribution >= 0.6 is 0 Å². The number of rotatable bonds is 7. The number of amides is 2. The summed E-state index contributed by atoms with van der Waals surface area (Å²) in [6.07, 6.45) is 0.343. The average Bonchev–Trinajstić information content (AvgIpc) is 2.77. The summed E-state index contributed by atoms with van der Waals surface area (Å²) in [6.45, 7) is 3.89. The lowest BCUT2D eigenvalue weighted by Crippen LogP contribution is -2.40. The molecule has 2 amide bonds. The van der Waals surface area contributed by atoms with Crippen LogP contribution in [-0.2, 0) is 25.7 Å². The number of carbonyl (C=O) groups excluding carboxylic acids is 3. The molecular weight excluding hydrogens is 382 g/mol. The number of hydrogen-bond donors (Lipinski definition) is 0. The number of nitrogens with zero attached hydrogens (tertiary/aromatic N) is 3. The molecule has 0 saturated heterocycles. The van der Waals surface area contributed by atoms with E-state index in [9.17, 15) is 14.4 Å². The Hall–Kier alpha value is -3.48. The SMILES string of the molecule is CC(C)N(Cc1ccccc1)C(=O)COC(=O)C1=NN(c2ccccc2)C(=O)CC1. The zero-order valence-corrected chi connectivity index (χ0v) is 17.2. The van der Waals surface area contributed by atoms with E-state index in [2.05, 4.69) is 5.10 Å². The van der Waals surface area contributed by atoms with Crippen molar-refractivity contribution < 1.29 is 19.1 Å². The second-order valence-electron chi connectivity index (χ2n) is 7.26. The second-order valence-corrected chi connectivity index (χ2v) is 7.26. The van der Waals surface area contributed by atoms with Gasteiger partial charge in [-0.25, -0.2) is 9.80 Å². The normalized spacial score (nSPS) is 13.8. The van der Waals surface area contributed by atoms with Crippen molar-refractivity contribution in [2.45, 2.75) is 39.3 Å². The number of anilines is 1. The first-order chi connectivity index (χ1) is 14.5. The van der Waals surface area contributed by atoms with Crippen LogP contribution in [0.25, 0.3) is 0 Å². The number of hydrazone groups is 1. The lowest BCUT2D eigenvalue weighted by molar-refractivity contribution is -0.148. The number of ether oxygens (including phenoxy) is 1. The van der Waals surface area contributed by atoms with E-state index in [0.29, 0.717) is 12.2 Å². The molecule has 0 saturated carbocycles. The minimum atomic E-state index is -0.680. The van der Waals surface area contributed by atoms with Crippen molar-refractivity contribution in [2.75, 3.05) is 11.6 Å². The number of para-hydroxylation sites is 1. The maximum atomic E-state index is 12.7. The second kappa shape index (κ2) is 9.82. The Morgan fingerprint density at radius 3 is 2.30 bits per heavy atom. The first-order valence-corrected chi connectivity index (χ1v) is 9.91. The Morgan fingerprint density at radius 2 is 1.67 bits per heavy atom. The summed E-state index contributed by atoms with van der Waals surface area (Å²) in [5.74, 6) is -1.16. The fraction of sp³-hybridized carbons (Fsp3) is 0.304. The molecule has 0 unspecified atom stereocenters. The first kappa shape index (κ1) is 21.2. The van der Waals surface area contributed by atoms with Gasteiger partial charge in [0, 0.05) is 25.4 Å². The fourth-order valence-electron chi connectivity index (χ4n) is 3.10. The average molecular weight is 407 g/mol. The van der Waals surface area contributed by atoms with Gasteiger partial charge >= 0.3 is 5.97 Å². The monoisotopic (exact) mass is 407 g/mol. The van der Waals surface area contributed by atoms with Gasteiger partial charge in [-0.3, -0.25) is 9.59 Å². The quantitative estimate of drug-likeness (QED) is 0.661. The third-order valence-corrected chi connectivity index (χ3v) is 4.74. The standard InChI is InChI=1S/C23H25N3O4/c1-17(2)25(15-18-9-5-3-6-10-18)22(28)16-30-23(29)20-13-14-21(27)26(24-20)19-11-7-4-8-12-19/h3-12,17H,13-16H2,1-2H3. The van der Waals surface area contributed by atoms with Gasteiger partial charge in [-0.2, -0.15) is 5.10 Å². The third kappa shape index (κ3) is 5.31. The van der Waals surface area contributed by atoms with E-state index in [-0.39, 0.29) is 43.0 Å². The Morgan fingerprint density at radius 1 is 1.03 bits per heavy atom. The zero-order valence-electron chi connectivity index (χ0n) is 17.2. The summed E-state index contributed by atoms with van der Waals surface area (Å²) >= 11 is 0. The summed E-state index contributed by atoms with van der Waals surface area (Å²) in [7, 11) is 0. The maximum absolute atomic E-state index is 12.7. The Bertz CT molecular complexity index is 926. The van der Waals surface area contributed by atoms with Crippen LogP contribution < -0.4 is 5.01 Å². The predicted molar refractivity (Wildman–Crippen MR) is 114 cm³/mol. The van der Waals surface area contributed by atoms with E-state index in [0.717, 1.165) is 5.56 Å². The molecule has 0 fully saturated rings. The van der Waals surface area contributed by atoms with E-state index in [1.54, 1.807) is 29.2 Å². The van der Waals surface area contributed by atoms with Crippen molar-refractivity contribution in [3.63, 3.8) is 0 Å². The highest BCUT2D eigenvalue weighted by Crippen LogP contribution is 2.20. The molecule has 1 heterocycles. The topological polar surface area (TPSA) is 79.3 Å². The van der Waals surface area contributed by atoms with E-state index in [4.69, 9.17) is 4.74 Å². The van der Waals surface area contributed by atoms with Gasteiger partial charge in [0.25, 0.3) is 5.91 Å². The van der Waals surface area contributed by atoms with Crippen molar-refractivity contribution in [2.24, 2.45) is 5.10 Å².